The number of hydrogen-bond acceptors (Lipinski definition) is 1. The van der Waals surface area contributed by atoms with Crippen molar-refractivity contribution in [3.63, 3.8) is 0 Å². The predicted molar refractivity (Wildman–Crippen MR) is 64.9 cm³/mol. The highest BCUT2D eigenvalue weighted by atomic mass is 19.1. The van der Waals surface area contributed by atoms with Gasteiger partial charge in [-0.3, -0.25) is 0 Å². The number of anilines is 1. The van der Waals surface area contributed by atoms with Crippen LogP contribution in [-0.4, -0.2) is 0 Å². The van der Waals surface area contributed by atoms with Crippen molar-refractivity contribution in [2.45, 2.75) is 13.0 Å². The fourth-order valence-corrected chi connectivity index (χ4v) is 1.62. The van der Waals surface area contributed by atoms with Gasteiger partial charge in [-0.1, -0.05) is 30.3 Å². The second kappa shape index (κ2) is 4.79. The molecule has 1 atom stereocenters. The lowest BCUT2D eigenvalue weighted by Crippen LogP contribution is -2.06. The lowest BCUT2D eigenvalue weighted by atomic mass is 10.1. The first-order valence-corrected chi connectivity index (χ1v) is 5.33. The first-order chi connectivity index (χ1) is 7.75. The smallest absolute Gasteiger partial charge is 0.123 e. The number of nitrogens with one attached hydrogen (secondary N) is 1. The van der Waals surface area contributed by atoms with Gasteiger partial charge in [0.05, 0.1) is 0 Å². The van der Waals surface area contributed by atoms with Crippen LogP contribution in [0.15, 0.2) is 54.6 Å². The average molecular weight is 215 g/mol. The molecule has 0 bridgehead atoms. The van der Waals surface area contributed by atoms with Gasteiger partial charge in [0.2, 0.25) is 0 Å². The number of halogens is 1. The minimum Gasteiger partial charge on any atom is -0.379 e. The third-order valence-electron chi connectivity index (χ3n) is 2.53. The average Bonchev–Trinajstić information content (AvgIpc) is 2.33. The van der Waals surface area contributed by atoms with Crippen LogP contribution < -0.4 is 5.32 Å². The van der Waals surface area contributed by atoms with E-state index in [-0.39, 0.29) is 11.9 Å². The Hall–Kier alpha value is -1.83. The van der Waals surface area contributed by atoms with Crippen molar-refractivity contribution in [1.29, 1.82) is 0 Å². The zero-order chi connectivity index (χ0) is 11.4. The van der Waals surface area contributed by atoms with E-state index in [0.29, 0.717) is 0 Å². The minimum absolute atomic E-state index is 0.210. The number of hydrogen-bond donors (Lipinski definition) is 1. The highest BCUT2D eigenvalue weighted by Gasteiger charge is 2.03. The molecule has 0 saturated carbocycles. The molecule has 0 unspecified atom stereocenters. The summed E-state index contributed by atoms with van der Waals surface area (Å²) in [6.07, 6.45) is 0. The lowest BCUT2D eigenvalue weighted by Gasteiger charge is -2.15. The van der Waals surface area contributed by atoms with Crippen LogP contribution in [-0.2, 0) is 0 Å². The normalized spacial score (nSPS) is 12.1. The van der Waals surface area contributed by atoms with Gasteiger partial charge in [0.1, 0.15) is 5.82 Å². The van der Waals surface area contributed by atoms with E-state index in [1.54, 1.807) is 12.1 Å². The summed E-state index contributed by atoms with van der Waals surface area (Å²) in [5.41, 5.74) is 2.14. The van der Waals surface area contributed by atoms with Crippen molar-refractivity contribution in [1.82, 2.24) is 0 Å². The third-order valence-corrected chi connectivity index (χ3v) is 2.53. The van der Waals surface area contributed by atoms with E-state index >= 15 is 0 Å². The monoisotopic (exact) mass is 215 g/mol. The van der Waals surface area contributed by atoms with E-state index < -0.39 is 0 Å². The topological polar surface area (TPSA) is 12.0 Å². The molecule has 0 fully saturated rings. The van der Waals surface area contributed by atoms with Crippen molar-refractivity contribution in [2.75, 3.05) is 5.32 Å². The van der Waals surface area contributed by atoms with Crippen molar-refractivity contribution >= 4 is 5.69 Å². The van der Waals surface area contributed by atoms with Crippen molar-refractivity contribution < 1.29 is 4.39 Å². The van der Waals surface area contributed by atoms with Crippen LogP contribution in [0.5, 0.6) is 0 Å². The molecular weight excluding hydrogens is 201 g/mol. The Labute approximate surface area is 94.9 Å². The summed E-state index contributed by atoms with van der Waals surface area (Å²) in [6.45, 7) is 2.08. The van der Waals surface area contributed by atoms with Crippen molar-refractivity contribution in [3.8, 4) is 0 Å². The van der Waals surface area contributed by atoms with E-state index in [1.807, 2.05) is 18.2 Å². The summed E-state index contributed by atoms with van der Waals surface area (Å²) in [5.74, 6) is -0.210. The molecule has 0 aliphatic carbocycles. The highest BCUT2D eigenvalue weighted by Crippen LogP contribution is 2.18. The molecule has 0 radical (unpaired) electrons. The van der Waals surface area contributed by atoms with Crippen molar-refractivity contribution in [3.05, 3.63) is 66.0 Å². The minimum atomic E-state index is -0.210. The van der Waals surface area contributed by atoms with Gasteiger partial charge < -0.3 is 5.32 Å². The van der Waals surface area contributed by atoms with E-state index in [4.69, 9.17) is 0 Å². The van der Waals surface area contributed by atoms with Crippen LogP contribution in [0.1, 0.15) is 18.5 Å². The summed E-state index contributed by atoms with van der Waals surface area (Å²) in [7, 11) is 0. The van der Waals surface area contributed by atoms with Gasteiger partial charge in [0, 0.05) is 11.7 Å². The molecule has 1 N–H and O–H groups in total. The summed E-state index contributed by atoms with van der Waals surface area (Å²) >= 11 is 0. The third kappa shape index (κ3) is 2.60. The van der Waals surface area contributed by atoms with Gasteiger partial charge in [-0.15, -0.1) is 0 Å². The molecule has 0 saturated heterocycles. The summed E-state index contributed by atoms with van der Waals surface area (Å²) in [5, 5.41) is 3.32. The summed E-state index contributed by atoms with van der Waals surface area (Å²) < 4.78 is 12.7. The lowest BCUT2D eigenvalue weighted by molar-refractivity contribution is 0.628. The maximum atomic E-state index is 12.7. The summed E-state index contributed by atoms with van der Waals surface area (Å²) in [6, 6.07) is 16.8. The van der Waals surface area contributed by atoms with Crippen molar-refractivity contribution in [2.24, 2.45) is 0 Å². The van der Waals surface area contributed by atoms with Crippen LogP contribution in [0.3, 0.4) is 0 Å². The van der Waals surface area contributed by atoms with Crippen LogP contribution in [0.4, 0.5) is 10.1 Å². The molecule has 0 amide bonds. The molecule has 2 aromatic carbocycles. The Kier molecular flexibility index (Phi) is 3.20. The van der Waals surface area contributed by atoms with E-state index in [0.717, 1.165) is 5.69 Å². The van der Waals surface area contributed by atoms with E-state index in [1.165, 1.54) is 17.7 Å². The van der Waals surface area contributed by atoms with Crippen LogP contribution >= 0.6 is 0 Å². The Morgan fingerprint density at radius 2 is 1.56 bits per heavy atom. The van der Waals surface area contributed by atoms with Crippen LogP contribution in [0.2, 0.25) is 0 Å². The van der Waals surface area contributed by atoms with Gasteiger partial charge in [0.15, 0.2) is 0 Å². The largest absolute Gasteiger partial charge is 0.379 e. The van der Waals surface area contributed by atoms with Gasteiger partial charge in [-0.2, -0.15) is 0 Å². The van der Waals surface area contributed by atoms with E-state index in [2.05, 4.69) is 24.4 Å². The van der Waals surface area contributed by atoms with Crippen LogP contribution in [0.25, 0.3) is 0 Å². The number of rotatable bonds is 3. The molecule has 0 aromatic heterocycles. The molecule has 0 aliphatic rings. The Balaban J connectivity index is 2.08. The maximum absolute atomic E-state index is 12.7. The quantitative estimate of drug-likeness (QED) is 0.816. The second-order valence-corrected chi connectivity index (χ2v) is 3.78. The van der Waals surface area contributed by atoms with Gasteiger partial charge >= 0.3 is 0 Å². The standard InChI is InChI=1S/C14H14FN/c1-11(12-5-3-2-4-6-12)16-14-9-7-13(15)8-10-14/h2-11,16H,1H3/t11-/m0/s1. The Bertz CT molecular complexity index is 436. The molecule has 2 aromatic rings. The van der Waals surface area contributed by atoms with Gasteiger partial charge in [-0.05, 0) is 36.8 Å². The number of benzene rings is 2. The molecule has 2 rings (SSSR count). The molecule has 16 heavy (non-hydrogen) atoms. The fraction of sp³-hybridized carbons (Fsp3) is 0.143. The predicted octanol–water partition coefficient (Wildman–Crippen LogP) is 4.00. The van der Waals surface area contributed by atoms with E-state index in [9.17, 15) is 4.39 Å². The maximum Gasteiger partial charge on any atom is 0.123 e. The molecule has 0 heterocycles. The fourth-order valence-electron chi connectivity index (χ4n) is 1.62. The Morgan fingerprint density at radius 3 is 2.19 bits per heavy atom. The van der Waals surface area contributed by atoms with Crippen LogP contribution in [0, 0.1) is 5.82 Å². The highest BCUT2D eigenvalue weighted by molar-refractivity contribution is 5.45. The molecule has 0 spiro atoms. The summed E-state index contributed by atoms with van der Waals surface area (Å²) in [4.78, 5) is 0. The SMILES string of the molecule is C[C@H](Nc1ccc(F)cc1)c1ccccc1. The molecule has 1 nitrogen and oxygen atoms in total. The zero-order valence-electron chi connectivity index (χ0n) is 9.15. The molecule has 82 valence electrons. The second-order valence-electron chi connectivity index (χ2n) is 3.78. The first-order valence-electron chi connectivity index (χ1n) is 5.33. The molecular formula is C14H14FN. The van der Waals surface area contributed by atoms with Gasteiger partial charge in [-0.25, -0.2) is 4.39 Å². The van der Waals surface area contributed by atoms with Gasteiger partial charge in [0.25, 0.3) is 0 Å². The zero-order valence-corrected chi connectivity index (χ0v) is 9.15. The first kappa shape index (κ1) is 10.7. The Morgan fingerprint density at radius 1 is 0.938 bits per heavy atom. The molecule has 2 heteroatoms. The molecule has 0 aliphatic heterocycles.